The zero-order valence-corrected chi connectivity index (χ0v) is 7.25. The molecule has 1 N–H and O–H groups in total. The SMILES string of the molecule is CCNC(=O)[N]N1CCOCC1. The molecular weight excluding hydrogens is 158 g/mol. The smallest absolute Gasteiger partial charge is 0.353 e. The summed E-state index contributed by atoms with van der Waals surface area (Å²) in [4.78, 5) is 11.0. The molecular formula is C7H14N3O2. The standard InChI is InChI=1S/C7H14N3O2/c1-2-8-7(11)9-10-3-5-12-6-4-10/h2-6H2,1H3,(H,8,11). The van der Waals surface area contributed by atoms with E-state index in [1.54, 1.807) is 5.01 Å². The van der Waals surface area contributed by atoms with Gasteiger partial charge < -0.3 is 10.1 Å². The van der Waals surface area contributed by atoms with E-state index < -0.39 is 0 Å². The summed E-state index contributed by atoms with van der Waals surface area (Å²) >= 11 is 0. The van der Waals surface area contributed by atoms with E-state index in [-0.39, 0.29) is 6.03 Å². The Morgan fingerprint density at radius 3 is 2.83 bits per heavy atom. The van der Waals surface area contributed by atoms with Gasteiger partial charge in [-0.25, -0.2) is 4.79 Å². The third-order valence-electron chi connectivity index (χ3n) is 1.55. The first-order valence-electron chi connectivity index (χ1n) is 4.15. The number of carbonyl (C=O) groups excluding carboxylic acids is 1. The van der Waals surface area contributed by atoms with Crippen molar-refractivity contribution in [2.24, 2.45) is 0 Å². The third-order valence-corrected chi connectivity index (χ3v) is 1.55. The van der Waals surface area contributed by atoms with E-state index in [0.29, 0.717) is 32.8 Å². The fraction of sp³-hybridized carbons (Fsp3) is 0.857. The average molecular weight is 172 g/mol. The van der Waals surface area contributed by atoms with Crippen LogP contribution in [0.4, 0.5) is 4.79 Å². The van der Waals surface area contributed by atoms with Gasteiger partial charge in [-0.3, -0.25) is 0 Å². The molecule has 0 aromatic carbocycles. The van der Waals surface area contributed by atoms with Gasteiger partial charge in [0.1, 0.15) is 0 Å². The minimum atomic E-state index is -0.264. The molecule has 0 aromatic heterocycles. The highest BCUT2D eigenvalue weighted by Gasteiger charge is 2.13. The minimum Gasteiger partial charge on any atom is -0.379 e. The first-order valence-corrected chi connectivity index (χ1v) is 4.15. The Morgan fingerprint density at radius 2 is 2.25 bits per heavy atom. The number of rotatable bonds is 2. The fourth-order valence-electron chi connectivity index (χ4n) is 0.969. The third kappa shape index (κ3) is 3.06. The van der Waals surface area contributed by atoms with E-state index >= 15 is 0 Å². The van der Waals surface area contributed by atoms with Crippen molar-refractivity contribution in [3.63, 3.8) is 0 Å². The van der Waals surface area contributed by atoms with Crippen LogP contribution in [0.25, 0.3) is 0 Å². The quantitative estimate of drug-likeness (QED) is 0.614. The van der Waals surface area contributed by atoms with Crippen LogP contribution in [0.15, 0.2) is 0 Å². The fourth-order valence-corrected chi connectivity index (χ4v) is 0.969. The second kappa shape index (κ2) is 4.95. The van der Waals surface area contributed by atoms with Crippen LogP contribution < -0.4 is 10.7 Å². The number of hydrogen-bond donors (Lipinski definition) is 1. The van der Waals surface area contributed by atoms with Crippen LogP contribution in [-0.2, 0) is 4.74 Å². The molecule has 1 heterocycles. The maximum absolute atomic E-state index is 11.0. The van der Waals surface area contributed by atoms with E-state index in [0.717, 1.165) is 0 Å². The molecule has 1 radical (unpaired) electrons. The molecule has 12 heavy (non-hydrogen) atoms. The van der Waals surface area contributed by atoms with E-state index in [1.807, 2.05) is 6.92 Å². The van der Waals surface area contributed by atoms with Gasteiger partial charge in [0.2, 0.25) is 0 Å². The lowest BCUT2D eigenvalue weighted by atomic mass is 10.5. The summed E-state index contributed by atoms with van der Waals surface area (Å²) in [6.45, 7) is 5.21. The molecule has 0 aromatic rings. The van der Waals surface area contributed by atoms with Crippen molar-refractivity contribution in [2.45, 2.75) is 6.92 Å². The Kier molecular flexibility index (Phi) is 3.83. The van der Waals surface area contributed by atoms with Gasteiger partial charge in [-0.2, -0.15) is 5.01 Å². The Balaban J connectivity index is 2.15. The summed E-state index contributed by atoms with van der Waals surface area (Å²) in [7, 11) is 0. The van der Waals surface area contributed by atoms with E-state index in [2.05, 4.69) is 10.7 Å². The number of urea groups is 1. The summed E-state index contributed by atoms with van der Waals surface area (Å²) in [6, 6.07) is -0.264. The molecule has 1 aliphatic heterocycles. The zero-order valence-electron chi connectivity index (χ0n) is 7.25. The molecule has 1 rings (SSSR count). The molecule has 0 bridgehead atoms. The highest BCUT2D eigenvalue weighted by molar-refractivity contribution is 5.72. The van der Waals surface area contributed by atoms with Gasteiger partial charge in [0, 0.05) is 19.6 Å². The molecule has 69 valence electrons. The summed E-state index contributed by atoms with van der Waals surface area (Å²) in [5.74, 6) is 0. The lowest BCUT2D eigenvalue weighted by Gasteiger charge is -2.24. The number of hydrogen-bond acceptors (Lipinski definition) is 3. The first-order chi connectivity index (χ1) is 5.83. The number of morpholine rings is 1. The Hall–Kier alpha value is -0.810. The van der Waals surface area contributed by atoms with Crippen LogP contribution in [-0.4, -0.2) is 43.9 Å². The van der Waals surface area contributed by atoms with E-state index in [9.17, 15) is 4.79 Å². The molecule has 0 aliphatic carbocycles. The van der Waals surface area contributed by atoms with E-state index in [1.165, 1.54) is 0 Å². The number of nitrogens with one attached hydrogen (secondary N) is 1. The van der Waals surface area contributed by atoms with Crippen molar-refractivity contribution in [2.75, 3.05) is 32.8 Å². The lowest BCUT2D eigenvalue weighted by Crippen LogP contribution is -2.46. The van der Waals surface area contributed by atoms with Crippen molar-refractivity contribution >= 4 is 6.03 Å². The second-order valence-electron chi connectivity index (χ2n) is 2.50. The summed E-state index contributed by atoms with van der Waals surface area (Å²) in [5, 5.41) is 4.34. The van der Waals surface area contributed by atoms with Gasteiger partial charge in [-0.05, 0) is 6.92 Å². The molecule has 0 spiro atoms. The van der Waals surface area contributed by atoms with Crippen molar-refractivity contribution < 1.29 is 9.53 Å². The zero-order chi connectivity index (χ0) is 8.81. The van der Waals surface area contributed by atoms with Crippen molar-refractivity contribution in [3.05, 3.63) is 0 Å². The van der Waals surface area contributed by atoms with Gasteiger partial charge >= 0.3 is 6.03 Å². The summed E-state index contributed by atoms with van der Waals surface area (Å²) in [5.41, 5.74) is 3.83. The summed E-state index contributed by atoms with van der Waals surface area (Å²) < 4.78 is 5.11. The Bertz CT molecular complexity index is 146. The van der Waals surface area contributed by atoms with Crippen LogP contribution in [0.2, 0.25) is 0 Å². The van der Waals surface area contributed by atoms with Crippen LogP contribution in [0, 0.1) is 0 Å². The van der Waals surface area contributed by atoms with Crippen LogP contribution in [0.3, 0.4) is 0 Å². The number of carbonyl (C=O) groups is 1. The van der Waals surface area contributed by atoms with Crippen LogP contribution in [0.1, 0.15) is 6.92 Å². The second-order valence-corrected chi connectivity index (χ2v) is 2.50. The van der Waals surface area contributed by atoms with Crippen LogP contribution in [0.5, 0.6) is 0 Å². The molecule has 0 atom stereocenters. The molecule has 1 aliphatic rings. The lowest BCUT2D eigenvalue weighted by molar-refractivity contribution is 0.0173. The highest BCUT2D eigenvalue weighted by atomic mass is 16.5. The molecule has 0 saturated carbocycles. The monoisotopic (exact) mass is 172 g/mol. The molecule has 5 heteroatoms. The first kappa shape index (κ1) is 9.28. The molecule has 1 saturated heterocycles. The normalized spacial score (nSPS) is 18.8. The number of amides is 2. The van der Waals surface area contributed by atoms with E-state index in [4.69, 9.17) is 4.74 Å². The van der Waals surface area contributed by atoms with Gasteiger partial charge in [-0.1, -0.05) is 0 Å². The summed E-state index contributed by atoms with van der Waals surface area (Å²) in [6.07, 6.45) is 0. The topological polar surface area (TPSA) is 55.7 Å². The van der Waals surface area contributed by atoms with Crippen molar-refractivity contribution in [1.29, 1.82) is 0 Å². The maximum atomic E-state index is 11.0. The number of ether oxygens (including phenoxy) is 1. The average Bonchev–Trinajstić information content (AvgIpc) is 2.06. The van der Waals surface area contributed by atoms with Crippen molar-refractivity contribution in [3.8, 4) is 0 Å². The Morgan fingerprint density at radius 1 is 1.58 bits per heavy atom. The van der Waals surface area contributed by atoms with Crippen LogP contribution >= 0.6 is 0 Å². The molecule has 2 amide bonds. The van der Waals surface area contributed by atoms with Gasteiger partial charge in [0.05, 0.1) is 13.2 Å². The predicted octanol–water partition coefficient (Wildman–Crippen LogP) is -0.433. The highest BCUT2D eigenvalue weighted by Crippen LogP contribution is 1.92. The van der Waals surface area contributed by atoms with Crippen molar-refractivity contribution in [1.82, 2.24) is 15.8 Å². The largest absolute Gasteiger partial charge is 0.379 e. The van der Waals surface area contributed by atoms with Gasteiger partial charge in [-0.15, -0.1) is 5.43 Å². The number of nitrogens with zero attached hydrogens (tertiary/aromatic N) is 2. The van der Waals surface area contributed by atoms with Gasteiger partial charge in [0.15, 0.2) is 0 Å². The molecule has 1 fully saturated rings. The molecule has 5 nitrogen and oxygen atoms in total. The maximum Gasteiger partial charge on any atom is 0.353 e. The van der Waals surface area contributed by atoms with Gasteiger partial charge in [0.25, 0.3) is 0 Å². The predicted molar refractivity (Wildman–Crippen MR) is 43.6 cm³/mol. The minimum absolute atomic E-state index is 0.264. The molecule has 0 unspecified atom stereocenters. The Labute approximate surface area is 72.0 Å².